The first kappa shape index (κ1) is 17.2. The van der Waals surface area contributed by atoms with E-state index in [1.165, 1.54) is 18.2 Å². The fraction of sp³-hybridized carbons (Fsp3) is 0.250. The highest BCUT2D eigenvalue weighted by Gasteiger charge is 2.12. The smallest absolute Gasteiger partial charge is 0.409 e. The standard InChI is InChI=1S/C16H18N4O4/c1-11-8-15(17-9-14(11)20(22)23)18-13-6-4-12(5-7-13)10-19(2)16(21)24-3/h4-9H,10H2,1-3H3,(H,17,18). The maximum Gasteiger partial charge on any atom is 0.409 e. The number of hydrogen-bond donors (Lipinski definition) is 1. The number of rotatable bonds is 5. The number of carbonyl (C=O) groups is 1. The van der Waals surface area contributed by atoms with Crippen molar-refractivity contribution in [2.75, 3.05) is 19.5 Å². The first-order chi connectivity index (χ1) is 11.4. The molecule has 0 aliphatic heterocycles. The minimum Gasteiger partial charge on any atom is -0.453 e. The lowest BCUT2D eigenvalue weighted by molar-refractivity contribution is -0.385. The van der Waals surface area contributed by atoms with Crippen LogP contribution in [-0.4, -0.2) is 35.1 Å². The highest BCUT2D eigenvalue weighted by molar-refractivity contribution is 5.67. The van der Waals surface area contributed by atoms with Gasteiger partial charge in [0.05, 0.1) is 12.0 Å². The summed E-state index contributed by atoms with van der Waals surface area (Å²) in [7, 11) is 2.99. The van der Waals surface area contributed by atoms with Crippen molar-refractivity contribution < 1.29 is 14.5 Å². The maximum atomic E-state index is 11.4. The van der Waals surface area contributed by atoms with Gasteiger partial charge in [0.2, 0.25) is 0 Å². The van der Waals surface area contributed by atoms with E-state index in [-0.39, 0.29) is 5.69 Å². The van der Waals surface area contributed by atoms with E-state index in [1.54, 1.807) is 20.0 Å². The number of benzene rings is 1. The van der Waals surface area contributed by atoms with Crippen LogP contribution in [0.4, 0.5) is 22.0 Å². The molecular formula is C16H18N4O4. The normalized spacial score (nSPS) is 10.1. The van der Waals surface area contributed by atoms with Gasteiger partial charge >= 0.3 is 6.09 Å². The van der Waals surface area contributed by atoms with Gasteiger partial charge < -0.3 is 15.0 Å². The Hall–Kier alpha value is -3.16. The van der Waals surface area contributed by atoms with E-state index in [0.717, 1.165) is 11.3 Å². The number of anilines is 2. The summed E-state index contributed by atoms with van der Waals surface area (Å²) in [5.74, 6) is 0.525. The van der Waals surface area contributed by atoms with Crippen LogP contribution in [0.1, 0.15) is 11.1 Å². The van der Waals surface area contributed by atoms with Crippen LogP contribution < -0.4 is 5.32 Å². The molecule has 1 aromatic heterocycles. The number of pyridine rings is 1. The molecule has 0 aliphatic carbocycles. The van der Waals surface area contributed by atoms with E-state index in [9.17, 15) is 14.9 Å². The lowest BCUT2D eigenvalue weighted by atomic mass is 10.2. The highest BCUT2D eigenvalue weighted by Crippen LogP contribution is 2.22. The Morgan fingerprint density at radius 1 is 1.38 bits per heavy atom. The summed E-state index contributed by atoms with van der Waals surface area (Å²) in [5, 5.41) is 13.9. The molecule has 1 N–H and O–H groups in total. The van der Waals surface area contributed by atoms with Crippen molar-refractivity contribution in [3.63, 3.8) is 0 Å². The van der Waals surface area contributed by atoms with Gasteiger partial charge in [-0.2, -0.15) is 0 Å². The molecule has 0 bridgehead atoms. The summed E-state index contributed by atoms with van der Waals surface area (Å²) in [6.45, 7) is 2.10. The Morgan fingerprint density at radius 3 is 2.58 bits per heavy atom. The van der Waals surface area contributed by atoms with Crippen molar-refractivity contribution in [3.05, 3.63) is 57.8 Å². The third-order valence-corrected chi connectivity index (χ3v) is 3.41. The number of amides is 1. The average Bonchev–Trinajstić information content (AvgIpc) is 2.55. The molecule has 1 aromatic carbocycles. The van der Waals surface area contributed by atoms with Crippen molar-refractivity contribution in [1.29, 1.82) is 0 Å². The average molecular weight is 330 g/mol. The summed E-state index contributed by atoms with van der Waals surface area (Å²) in [6, 6.07) is 9.06. The molecule has 8 nitrogen and oxygen atoms in total. The van der Waals surface area contributed by atoms with E-state index in [2.05, 4.69) is 15.0 Å². The second kappa shape index (κ2) is 7.40. The number of carbonyl (C=O) groups excluding carboxylic acids is 1. The fourth-order valence-electron chi connectivity index (χ4n) is 2.14. The predicted octanol–water partition coefficient (Wildman–Crippen LogP) is 3.24. The molecule has 0 saturated carbocycles. The van der Waals surface area contributed by atoms with E-state index in [4.69, 9.17) is 0 Å². The van der Waals surface area contributed by atoms with Crippen molar-refractivity contribution in [2.45, 2.75) is 13.5 Å². The van der Waals surface area contributed by atoms with E-state index < -0.39 is 11.0 Å². The van der Waals surface area contributed by atoms with E-state index >= 15 is 0 Å². The minimum absolute atomic E-state index is 0.0123. The van der Waals surface area contributed by atoms with Crippen molar-refractivity contribution >= 4 is 23.3 Å². The molecule has 2 rings (SSSR count). The second-order valence-electron chi connectivity index (χ2n) is 5.26. The number of nitrogens with zero attached hydrogens (tertiary/aromatic N) is 3. The number of aryl methyl sites for hydroxylation is 1. The zero-order chi connectivity index (χ0) is 17.7. The lowest BCUT2D eigenvalue weighted by Gasteiger charge is -2.15. The zero-order valence-corrected chi connectivity index (χ0v) is 13.6. The molecule has 8 heteroatoms. The molecule has 24 heavy (non-hydrogen) atoms. The maximum absolute atomic E-state index is 11.4. The summed E-state index contributed by atoms with van der Waals surface area (Å²) in [6.07, 6.45) is 0.833. The minimum atomic E-state index is -0.460. The molecule has 126 valence electrons. The van der Waals surface area contributed by atoms with Crippen LogP contribution >= 0.6 is 0 Å². The molecule has 0 atom stereocenters. The molecule has 0 radical (unpaired) electrons. The Balaban J connectivity index is 2.05. The molecule has 0 aliphatic rings. The fourth-order valence-corrected chi connectivity index (χ4v) is 2.14. The Labute approximate surface area is 139 Å². The van der Waals surface area contributed by atoms with E-state index in [1.807, 2.05) is 24.3 Å². The van der Waals surface area contributed by atoms with Gasteiger partial charge in [-0.3, -0.25) is 10.1 Å². The van der Waals surface area contributed by atoms with Crippen molar-refractivity contribution in [1.82, 2.24) is 9.88 Å². The summed E-state index contributed by atoms with van der Waals surface area (Å²) in [4.78, 5) is 27.2. The summed E-state index contributed by atoms with van der Waals surface area (Å²) >= 11 is 0. The number of ether oxygens (including phenoxy) is 1. The summed E-state index contributed by atoms with van der Waals surface area (Å²) < 4.78 is 4.64. The largest absolute Gasteiger partial charge is 0.453 e. The molecule has 1 heterocycles. The van der Waals surface area contributed by atoms with Crippen LogP contribution in [0.5, 0.6) is 0 Å². The number of methoxy groups -OCH3 is 1. The van der Waals surface area contributed by atoms with Gasteiger partial charge in [0.1, 0.15) is 12.0 Å². The lowest BCUT2D eigenvalue weighted by Crippen LogP contribution is -2.25. The zero-order valence-electron chi connectivity index (χ0n) is 13.6. The monoisotopic (exact) mass is 330 g/mol. The number of nitrogens with one attached hydrogen (secondary N) is 1. The molecule has 0 unspecified atom stereocenters. The number of hydrogen-bond acceptors (Lipinski definition) is 6. The van der Waals surface area contributed by atoms with Crippen LogP contribution in [0.3, 0.4) is 0 Å². The first-order valence-electron chi connectivity index (χ1n) is 7.17. The van der Waals surface area contributed by atoms with E-state index in [0.29, 0.717) is 17.9 Å². The number of aromatic nitrogens is 1. The van der Waals surface area contributed by atoms with Crippen LogP contribution in [0, 0.1) is 17.0 Å². The molecule has 0 spiro atoms. The van der Waals surface area contributed by atoms with Crippen LogP contribution in [0.25, 0.3) is 0 Å². The Kier molecular flexibility index (Phi) is 5.31. The van der Waals surface area contributed by atoms with Gasteiger partial charge in [0.15, 0.2) is 0 Å². The molecular weight excluding hydrogens is 312 g/mol. The molecule has 1 amide bonds. The molecule has 0 fully saturated rings. The Bertz CT molecular complexity index is 746. The van der Waals surface area contributed by atoms with Crippen molar-refractivity contribution in [3.8, 4) is 0 Å². The summed E-state index contributed by atoms with van der Waals surface area (Å²) in [5.41, 5.74) is 2.26. The van der Waals surface area contributed by atoms with Gasteiger partial charge in [-0.25, -0.2) is 9.78 Å². The van der Waals surface area contributed by atoms with Crippen LogP contribution in [-0.2, 0) is 11.3 Å². The van der Waals surface area contributed by atoms with Gasteiger partial charge in [0, 0.05) is 24.8 Å². The van der Waals surface area contributed by atoms with Crippen LogP contribution in [0.15, 0.2) is 36.5 Å². The number of nitro groups is 1. The van der Waals surface area contributed by atoms with Gasteiger partial charge in [-0.05, 0) is 30.7 Å². The topological polar surface area (TPSA) is 97.6 Å². The van der Waals surface area contributed by atoms with Crippen molar-refractivity contribution in [2.24, 2.45) is 0 Å². The van der Waals surface area contributed by atoms with Gasteiger partial charge in [0.25, 0.3) is 5.69 Å². The third-order valence-electron chi connectivity index (χ3n) is 3.41. The highest BCUT2D eigenvalue weighted by atomic mass is 16.6. The molecule has 0 saturated heterocycles. The van der Waals surface area contributed by atoms with Gasteiger partial charge in [-0.15, -0.1) is 0 Å². The first-order valence-corrected chi connectivity index (χ1v) is 7.17. The van der Waals surface area contributed by atoms with Crippen LogP contribution in [0.2, 0.25) is 0 Å². The second-order valence-corrected chi connectivity index (χ2v) is 5.26. The van der Waals surface area contributed by atoms with Gasteiger partial charge in [-0.1, -0.05) is 12.1 Å². The SMILES string of the molecule is COC(=O)N(C)Cc1ccc(Nc2cc(C)c([N+](=O)[O-])cn2)cc1. The quantitative estimate of drug-likeness (QED) is 0.667. The third kappa shape index (κ3) is 4.19. The molecule has 2 aromatic rings. The predicted molar refractivity (Wildman–Crippen MR) is 89.2 cm³/mol. The Morgan fingerprint density at radius 2 is 2.04 bits per heavy atom.